The molecule has 0 radical (unpaired) electrons. The molecule has 0 amide bonds. The second kappa shape index (κ2) is 8.67. The second-order valence-electron chi connectivity index (χ2n) is 5.06. The Morgan fingerprint density at radius 1 is 1.32 bits per heavy atom. The van der Waals surface area contributed by atoms with Crippen LogP contribution < -0.4 is 15.5 Å². The molecule has 0 aromatic heterocycles. The van der Waals surface area contributed by atoms with E-state index in [9.17, 15) is 4.79 Å². The Bertz CT molecular complexity index is 501. The Morgan fingerprint density at radius 3 is 2.64 bits per heavy atom. The minimum atomic E-state index is -0.347. The fourth-order valence-electron chi connectivity index (χ4n) is 2.25. The Balaban J connectivity index is 1.71. The van der Waals surface area contributed by atoms with Gasteiger partial charge in [0.15, 0.2) is 5.11 Å². The van der Waals surface area contributed by atoms with Gasteiger partial charge in [-0.05, 0) is 36.5 Å². The van der Waals surface area contributed by atoms with Gasteiger partial charge in [0.2, 0.25) is 0 Å². The van der Waals surface area contributed by atoms with E-state index in [0.717, 1.165) is 45.1 Å². The minimum absolute atomic E-state index is 0.347. The molecular formula is C15H22N3O3S+. The molecule has 1 aliphatic heterocycles. The first-order valence-corrected chi connectivity index (χ1v) is 7.74. The molecule has 1 heterocycles. The molecule has 0 bridgehead atoms. The number of methoxy groups -OCH3 is 1. The summed E-state index contributed by atoms with van der Waals surface area (Å²) in [6.45, 7) is 5.62. The van der Waals surface area contributed by atoms with Crippen molar-refractivity contribution in [2.45, 2.75) is 0 Å². The normalized spacial score (nSPS) is 15.1. The molecule has 1 aromatic carbocycles. The zero-order valence-corrected chi connectivity index (χ0v) is 13.5. The number of carbonyl (C=O) groups excluding carboxylic acids is 1. The molecule has 0 aliphatic carbocycles. The van der Waals surface area contributed by atoms with Gasteiger partial charge in [-0.15, -0.1) is 0 Å². The van der Waals surface area contributed by atoms with Crippen LogP contribution in [0.2, 0.25) is 0 Å². The van der Waals surface area contributed by atoms with Crippen molar-refractivity contribution < 1.29 is 19.2 Å². The zero-order chi connectivity index (χ0) is 15.8. The summed E-state index contributed by atoms with van der Waals surface area (Å²) in [5, 5.41) is 6.87. The van der Waals surface area contributed by atoms with Crippen molar-refractivity contribution in [3.63, 3.8) is 0 Å². The third-order valence-electron chi connectivity index (χ3n) is 3.53. The van der Waals surface area contributed by atoms with Crippen LogP contribution in [0.1, 0.15) is 10.4 Å². The first-order chi connectivity index (χ1) is 10.7. The van der Waals surface area contributed by atoms with E-state index in [2.05, 4.69) is 15.4 Å². The van der Waals surface area contributed by atoms with Gasteiger partial charge < -0.3 is 25.0 Å². The van der Waals surface area contributed by atoms with Gasteiger partial charge in [-0.3, -0.25) is 0 Å². The molecule has 22 heavy (non-hydrogen) atoms. The van der Waals surface area contributed by atoms with E-state index in [0.29, 0.717) is 10.7 Å². The molecule has 0 spiro atoms. The molecule has 120 valence electrons. The molecule has 1 saturated heterocycles. The molecule has 0 unspecified atom stereocenters. The maximum absolute atomic E-state index is 11.3. The highest BCUT2D eigenvalue weighted by Gasteiger charge is 2.13. The number of quaternary nitrogens is 1. The van der Waals surface area contributed by atoms with Crippen molar-refractivity contribution in [2.75, 3.05) is 51.8 Å². The number of anilines is 1. The number of benzene rings is 1. The molecule has 1 aliphatic rings. The summed E-state index contributed by atoms with van der Waals surface area (Å²) in [6.07, 6.45) is 0. The zero-order valence-electron chi connectivity index (χ0n) is 12.7. The van der Waals surface area contributed by atoms with Gasteiger partial charge in [0, 0.05) is 5.69 Å². The van der Waals surface area contributed by atoms with Gasteiger partial charge >= 0.3 is 5.97 Å². The summed E-state index contributed by atoms with van der Waals surface area (Å²) in [6, 6.07) is 7.00. The number of hydrogen-bond donors (Lipinski definition) is 3. The van der Waals surface area contributed by atoms with E-state index in [-0.39, 0.29) is 5.97 Å². The number of rotatable bonds is 5. The third-order valence-corrected chi connectivity index (χ3v) is 3.77. The summed E-state index contributed by atoms with van der Waals surface area (Å²) < 4.78 is 9.99. The fourth-order valence-corrected chi connectivity index (χ4v) is 2.47. The quantitative estimate of drug-likeness (QED) is 0.509. The second-order valence-corrected chi connectivity index (χ2v) is 5.47. The Kier molecular flexibility index (Phi) is 6.57. The van der Waals surface area contributed by atoms with E-state index in [1.165, 1.54) is 12.0 Å². The highest BCUT2D eigenvalue weighted by atomic mass is 32.1. The monoisotopic (exact) mass is 324 g/mol. The largest absolute Gasteiger partial charge is 0.465 e. The van der Waals surface area contributed by atoms with Crippen LogP contribution in [0.25, 0.3) is 0 Å². The third kappa shape index (κ3) is 5.25. The van der Waals surface area contributed by atoms with Crippen LogP contribution in [0.15, 0.2) is 24.3 Å². The lowest BCUT2D eigenvalue weighted by molar-refractivity contribution is -0.906. The van der Waals surface area contributed by atoms with Crippen molar-refractivity contribution in [3.8, 4) is 0 Å². The highest BCUT2D eigenvalue weighted by molar-refractivity contribution is 7.80. The highest BCUT2D eigenvalue weighted by Crippen LogP contribution is 2.10. The molecular weight excluding hydrogens is 302 g/mol. The predicted molar refractivity (Wildman–Crippen MR) is 88.4 cm³/mol. The van der Waals surface area contributed by atoms with Crippen molar-refractivity contribution >= 4 is 29.0 Å². The van der Waals surface area contributed by atoms with Crippen molar-refractivity contribution in [2.24, 2.45) is 0 Å². The van der Waals surface area contributed by atoms with E-state index < -0.39 is 0 Å². The number of carbonyl (C=O) groups is 1. The number of nitrogens with one attached hydrogen (secondary N) is 3. The lowest BCUT2D eigenvalue weighted by atomic mass is 10.2. The van der Waals surface area contributed by atoms with Crippen LogP contribution in [0.3, 0.4) is 0 Å². The molecule has 6 nitrogen and oxygen atoms in total. The summed E-state index contributed by atoms with van der Waals surface area (Å²) in [5.41, 5.74) is 1.35. The van der Waals surface area contributed by atoms with Gasteiger partial charge in [0.25, 0.3) is 0 Å². The van der Waals surface area contributed by atoms with E-state index in [1.54, 1.807) is 24.3 Å². The molecule has 1 fully saturated rings. The number of hydrogen-bond acceptors (Lipinski definition) is 4. The van der Waals surface area contributed by atoms with Crippen LogP contribution in [-0.4, -0.2) is 57.6 Å². The fraction of sp³-hybridized carbons (Fsp3) is 0.467. The van der Waals surface area contributed by atoms with Crippen LogP contribution in [0.4, 0.5) is 5.69 Å². The molecule has 0 saturated carbocycles. The average Bonchev–Trinajstić information content (AvgIpc) is 2.56. The van der Waals surface area contributed by atoms with Crippen molar-refractivity contribution in [1.29, 1.82) is 0 Å². The number of thiocarbonyl (C=S) groups is 1. The van der Waals surface area contributed by atoms with Gasteiger partial charge in [-0.2, -0.15) is 0 Å². The molecule has 1 aromatic rings. The minimum Gasteiger partial charge on any atom is -0.465 e. The van der Waals surface area contributed by atoms with Crippen LogP contribution in [-0.2, 0) is 9.47 Å². The van der Waals surface area contributed by atoms with Gasteiger partial charge in [-0.1, -0.05) is 0 Å². The first kappa shape index (κ1) is 16.7. The lowest BCUT2D eigenvalue weighted by Gasteiger charge is -2.24. The topological polar surface area (TPSA) is 64.0 Å². The number of morpholine rings is 1. The van der Waals surface area contributed by atoms with Gasteiger partial charge in [0.05, 0.1) is 39.0 Å². The SMILES string of the molecule is COC(=O)c1ccc(NC(=S)NCC[NH+]2CCOCC2)cc1. The molecule has 7 heteroatoms. The van der Waals surface area contributed by atoms with Gasteiger partial charge in [0.1, 0.15) is 13.1 Å². The Hall–Kier alpha value is -1.70. The predicted octanol–water partition coefficient (Wildman–Crippen LogP) is -0.325. The van der Waals surface area contributed by atoms with E-state index in [1.807, 2.05) is 0 Å². The number of ether oxygens (including phenoxy) is 2. The summed E-state index contributed by atoms with van der Waals surface area (Å²) in [4.78, 5) is 12.9. The van der Waals surface area contributed by atoms with Gasteiger partial charge in [-0.25, -0.2) is 4.79 Å². The molecule has 2 rings (SSSR count). The standard InChI is InChI=1S/C15H21N3O3S/c1-20-14(19)12-2-4-13(5-3-12)17-15(22)16-6-7-18-8-10-21-11-9-18/h2-5H,6-11H2,1H3,(H2,16,17,22)/p+1. The van der Waals surface area contributed by atoms with Crippen molar-refractivity contribution in [3.05, 3.63) is 29.8 Å². The van der Waals surface area contributed by atoms with Crippen molar-refractivity contribution in [1.82, 2.24) is 5.32 Å². The smallest absolute Gasteiger partial charge is 0.337 e. The Labute approximate surface area is 135 Å². The number of esters is 1. The maximum atomic E-state index is 11.3. The van der Waals surface area contributed by atoms with Crippen LogP contribution in [0.5, 0.6) is 0 Å². The molecule has 0 atom stereocenters. The van der Waals surface area contributed by atoms with E-state index >= 15 is 0 Å². The van der Waals surface area contributed by atoms with E-state index in [4.69, 9.17) is 17.0 Å². The summed E-state index contributed by atoms with van der Waals surface area (Å²) in [7, 11) is 1.37. The first-order valence-electron chi connectivity index (χ1n) is 7.33. The maximum Gasteiger partial charge on any atom is 0.337 e. The van der Waals surface area contributed by atoms with Crippen LogP contribution in [0, 0.1) is 0 Å². The summed E-state index contributed by atoms with van der Waals surface area (Å²) in [5.74, 6) is -0.347. The summed E-state index contributed by atoms with van der Waals surface area (Å²) >= 11 is 5.26. The Morgan fingerprint density at radius 2 is 2.00 bits per heavy atom. The lowest BCUT2D eigenvalue weighted by Crippen LogP contribution is -3.14. The molecule has 3 N–H and O–H groups in total. The van der Waals surface area contributed by atoms with Crippen LogP contribution >= 0.6 is 12.2 Å². The average molecular weight is 324 g/mol.